The number of hydrogen-bond donors (Lipinski definition) is 2. The van der Waals surface area contributed by atoms with Gasteiger partial charge in [0.15, 0.2) is 0 Å². The van der Waals surface area contributed by atoms with Gasteiger partial charge >= 0.3 is 11.9 Å². The molecule has 0 aliphatic carbocycles. The van der Waals surface area contributed by atoms with Gasteiger partial charge in [-0.15, -0.1) is 0 Å². The van der Waals surface area contributed by atoms with Gasteiger partial charge in [-0.2, -0.15) is 0 Å². The van der Waals surface area contributed by atoms with E-state index in [1.165, 1.54) is 0 Å². The predicted molar refractivity (Wildman–Crippen MR) is 71.0 cm³/mol. The first-order valence-electron chi connectivity index (χ1n) is 4.59. The fourth-order valence-corrected chi connectivity index (χ4v) is 1.21. The van der Waals surface area contributed by atoms with Crippen LogP contribution in [0.1, 0.15) is 5.56 Å². The summed E-state index contributed by atoms with van der Waals surface area (Å²) in [4.78, 5) is 19.1. The number of rotatable bonds is 3. The van der Waals surface area contributed by atoms with Gasteiger partial charge in [-0.3, -0.25) is 0 Å². The standard InChI is InChI=1S/C8H6Cl2.C4H4O4/c1-2-6-4-3-5-7(9)8(6)10;5-3(6)1-2-4(7)8/h2-5H,1H2;1-2H,(H,5,6)(H,7,8)/b;2-1-. The summed E-state index contributed by atoms with van der Waals surface area (Å²) in [5, 5.41) is 16.8. The Morgan fingerprint density at radius 3 is 1.94 bits per heavy atom. The zero-order valence-electron chi connectivity index (χ0n) is 9.14. The molecule has 1 rings (SSSR count). The maximum atomic E-state index is 9.55. The van der Waals surface area contributed by atoms with Crippen molar-refractivity contribution in [2.75, 3.05) is 0 Å². The first kappa shape index (κ1) is 16.2. The molecule has 4 nitrogen and oxygen atoms in total. The average molecular weight is 289 g/mol. The van der Waals surface area contributed by atoms with Crippen LogP contribution in [-0.4, -0.2) is 22.2 Å². The summed E-state index contributed by atoms with van der Waals surface area (Å²) in [6.45, 7) is 3.59. The lowest BCUT2D eigenvalue weighted by Gasteiger charge is -1.97. The summed E-state index contributed by atoms with van der Waals surface area (Å²) in [7, 11) is 0. The normalized spacial score (nSPS) is 9.44. The smallest absolute Gasteiger partial charge is 0.328 e. The molecule has 96 valence electrons. The highest BCUT2D eigenvalue weighted by Gasteiger charge is 1.98. The Balaban J connectivity index is 0.000000331. The molecule has 0 saturated heterocycles. The van der Waals surface area contributed by atoms with Crippen molar-refractivity contribution in [2.45, 2.75) is 0 Å². The number of carboxylic acids is 2. The first-order valence-corrected chi connectivity index (χ1v) is 5.34. The SMILES string of the molecule is C=Cc1cccc(Cl)c1Cl.O=C(O)/C=C\C(=O)O. The molecule has 0 aromatic heterocycles. The third-order valence-electron chi connectivity index (χ3n) is 1.57. The molecule has 0 bridgehead atoms. The van der Waals surface area contributed by atoms with Gasteiger partial charge in [-0.1, -0.05) is 48.0 Å². The van der Waals surface area contributed by atoms with E-state index in [9.17, 15) is 9.59 Å². The Kier molecular flexibility index (Phi) is 7.51. The van der Waals surface area contributed by atoms with Crippen LogP contribution in [0, 0.1) is 0 Å². The summed E-state index contributed by atoms with van der Waals surface area (Å²) in [5.41, 5.74) is 0.870. The van der Waals surface area contributed by atoms with Crippen LogP contribution in [0.5, 0.6) is 0 Å². The minimum absolute atomic E-state index is 0.558. The molecule has 2 N–H and O–H groups in total. The van der Waals surface area contributed by atoms with Crippen molar-refractivity contribution in [3.8, 4) is 0 Å². The molecule has 1 aromatic rings. The number of hydrogen-bond acceptors (Lipinski definition) is 2. The number of aliphatic carboxylic acids is 2. The van der Waals surface area contributed by atoms with Crippen molar-refractivity contribution in [2.24, 2.45) is 0 Å². The topological polar surface area (TPSA) is 74.6 Å². The van der Waals surface area contributed by atoms with Crippen molar-refractivity contribution in [3.05, 3.63) is 52.5 Å². The maximum absolute atomic E-state index is 9.55. The second-order valence-electron chi connectivity index (χ2n) is 2.86. The summed E-state index contributed by atoms with van der Waals surface area (Å²) in [6.07, 6.45) is 2.79. The molecule has 0 aliphatic rings. The van der Waals surface area contributed by atoms with Crippen LogP contribution in [0.2, 0.25) is 10.0 Å². The van der Waals surface area contributed by atoms with Gasteiger partial charge in [0.1, 0.15) is 0 Å². The molecule has 0 amide bonds. The number of halogens is 2. The van der Waals surface area contributed by atoms with Gasteiger partial charge < -0.3 is 10.2 Å². The average Bonchev–Trinajstić information content (AvgIpc) is 2.31. The van der Waals surface area contributed by atoms with Crippen LogP contribution < -0.4 is 0 Å². The lowest BCUT2D eigenvalue weighted by atomic mass is 10.2. The van der Waals surface area contributed by atoms with Gasteiger partial charge in [-0.25, -0.2) is 9.59 Å². The lowest BCUT2D eigenvalue weighted by Crippen LogP contribution is -1.91. The summed E-state index contributed by atoms with van der Waals surface area (Å²) in [5.74, 6) is -2.51. The molecular formula is C12H10Cl2O4. The molecule has 0 heterocycles. The fraction of sp³-hybridized carbons (Fsp3) is 0. The predicted octanol–water partition coefficient (Wildman–Crippen LogP) is 3.35. The second-order valence-corrected chi connectivity index (χ2v) is 3.64. The molecule has 0 unspecified atom stereocenters. The van der Waals surface area contributed by atoms with E-state index in [2.05, 4.69) is 6.58 Å². The van der Waals surface area contributed by atoms with E-state index < -0.39 is 11.9 Å². The van der Waals surface area contributed by atoms with Crippen LogP contribution in [0.25, 0.3) is 6.08 Å². The maximum Gasteiger partial charge on any atom is 0.328 e. The van der Waals surface area contributed by atoms with Gasteiger partial charge in [0.05, 0.1) is 10.0 Å². The van der Waals surface area contributed by atoms with Crippen molar-refractivity contribution < 1.29 is 19.8 Å². The van der Waals surface area contributed by atoms with Crippen LogP contribution in [0.4, 0.5) is 0 Å². The van der Waals surface area contributed by atoms with E-state index in [4.69, 9.17) is 33.4 Å². The third kappa shape index (κ3) is 6.73. The third-order valence-corrected chi connectivity index (χ3v) is 2.40. The summed E-state index contributed by atoms with van der Waals surface area (Å²) in [6, 6.07) is 5.45. The van der Waals surface area contributed by atoms with Crippen LogP contribution in [0.15, 0.2) is 36.9 Å². The van der Waals surface area contributed by atoms with Crippen LogP contribution >= 0.6 is 23.2 Å². The summed E-state index contributed by atoms with van der Waals surface area (Å²) >= 11 is 11.5. The fourth-order valence-electron chi connectivity index (χ4n) is 0.821. The van der Waals surface area contributed by atoms with E-state index in [0.29, 0.717) is 22.2 Å². The van der Waals surface area contributed by atoms with E-state index in [0.717, 1.165) is 5.56 Å². The molecule has 0 atom stereocenters. The highest BCUT2D eigenvalue weighted by molar-refractivity contribution is 6.42. The zero-order valence-corrected chi connectivity index (χ0v) is 10.6. The molecule has 0 aliphatic heterocycles. The molecule has 0 spiro atoms. The highest BCUT2D eigenvalue weighted by Crippen LogP contribution is 2.25. The Bertz CT molecular complexity index is 465. The highest BCUT2D eigenvalue weighted by atomic mass is 35.5. The summed E-state index contributed by atoms with van der Waals surface area (Å²) < 4.78 is 0. The minimum atomic E-state index is -1.26. The molecule has 0 radical (unpaired) electrons. The Morgan fingerprint density at radius 2 is 1.61 bits per heavy atom. The molecule has 6 heteroatoms. The number of carboxylic acid groups (broad SMARTS) is 2. The van der Waals surface area contributed by atoms with Crippen molar-refractivity contribution >= 4 is 41.2 Å². The van der Waals surface area contributed by atoms with Crippen molar-refractivity contribution in [3.63, 3.8) is 0 Å². The quantitative estimate of drug-likeness (QED) is 0.837. The molecule has 0 fully saturated rings. The number of benzene rings is 1. The monoisotopic (exact) mass is 288 g/mol. The molecule has 1 aromatic carbocycles. The van der Waals surface area contributed by atoms with Gasteiger partial charge in [0.25, 0.3) is 0 Å². The molecule has 0 saturated carbocycles. The minimum Gasteiger partial charge on any atom is -0.478 e. The van der Waals surface area contributed by atoms with Crippen molar-refractivity contribution in [1.29, 1.82) is 0 Å². The van der Waals surface area contributed by atoms with E-state index in [1.807, 2.05) is 12.1 Å². The largest absolute Gasteiger partial charge is 0.478 e. The Labute approximate surface area is 114 Å². The second kappa shape index (κ2) is 8.33. The lowest BCUT2D eigenvalue weighted by molar-refractivity contribution is -0.134. The van der Waals surface area contributed by atoms with Gasteiger partial charge in [0.2, 0.25) is 0 Å². The van der Waals surface area contributed by atoms with Gasteiger partial charge in [0, 0.05) is 12.2 Å². The van der Waals surface area contributed by atoms with E-state index in [1.54, 1.807) is 12.1 Å². The van der Waals surface area contributed by atoms with Crippen molar-refractivity contribution in [1.82, 2.24) is 0 Å². The van der Waals surface area contributed by atoms with E-state index >= 15 is 0 Å². The Morgan fingerprint density at radius 1 is 1.11 bits per heavy atom. The zero-order chi connectivity index (χ0) is 14.1. The molecular weight excluding hydrogens is 279 g/mol. The number of carbonyl (C=O) groups is 2. The molecule has 18 heavy (non-hydrogen) atoms. The van der Waals surface area contributed by atoms with Crippen LogP contribution in [0.3, 0.4) is 0 Å². The van der Waals surface area contributed by atoms with Gasteiger partial charge in [-0.05, 0) is 11.6 Å². The first-order chi connectivity index (χ1) is 8.38. The van der Waals surface area contributed by atoms with E-state index in [-0.39, 0.29) is 0 Å². The Hall–Kier alpha value is -1.78. The van der Waals surface area contributed by atoms with Crippen LogP contribution in [-0.2, 0) is 9.59 Å².